The van der Waals surface area contributed by atoms with E-state index in [0.717, 1.165) is 22.0 Å². The Kier molecular flexibility index (Phi) is 8.61. The van der Waals surface area contributed by atoms with Crippen LogP contribution in [0.3, 0.4) is 0 Å². The van der Waals surface area contributed by atoms with Crippen molar-refractivity contribution < 1.29 is 29.0 Å². The normalized spacial score (nSPS) is 12.3. The number of aromatic hydroxyl groups is 1. The molecule has 4 aromatic rings. The molecular weight excluding hydrogens is 486 g/mol. The second-order valence-corrected chi connectivity index (χ2v) is 8.78. The molecule has 0 unspecified atom stereocenters. The van der Waals surface area contributed by atoms with E-state index in [1.54, 1.807) is 18.3 Å². The summed E-state index contributed by atoms with van der Waals surface area (Å²) in [6.45, 7) is 0.0414. The van der Waals surface area contributed by atoms with E-state index >= 15 is 0 Å². The fraction of sp³-hybridized carbons (Fsp3) is 0.207. The van der Waals surface area contributed by atoms with Gasteiger partial charge in [0.2, 0.25) is 5.91 Å². The van der Waals surface area contributed by atoms with Crippen LogP contribution in [0, 0.1) is 0 Å². The number of esters is 1. The number of hydrogen-bond acceptors (Lipinski definition) is 6. The monoisotopic (exact) mass is 515 g/mol. The van der Waals surface area contributed by atoms with Gasteiger partial charge in [-0.1, -0.05) is 60.7 Å². The fourth-order valence-corrected chi connectivity index (χ4v) is 4.11. The molecule has 2 atom stereocenters. The van der Waals surface area contributed by atoms with Gasteiger partial charge in [0.15, 0.2) is 0 Å². The molecule has 0 aliphatic heterocycles. The van der Waals surface area contributed by atoms with Crippen molar-refractivity contribution in [2.24, 2.45) is 0 Å². The van der Waals surface area contributed by atoms with Gasteiger partial charge in [0, 0.05) is 29.9 Å². The first kappa shape index (κ1) is 26.3. The van der Waals surface area contributed by atoms with E-state index in [-0.39, 0.29) is 25.2 Å². The lowest BCUT2D eigenvalue weighted by molar-refractivity contribution is -0.145. The summed E-state index contributed by atoms with van der Waals surface area (Å²) >= 11 is 0. The number of benzene rings is 3. The van der Waals surface area contributed by atoms with E-state index < -0.39 is 30.1 Å². The van der Waals surface area contributed by atoms with Gasteiger partial charge in [0.25, 0.3) is 0 Å². The Balaban J connectivity index is 1.51. The number of fused-ring (bicyclic) bond motifs is 1. The Morgan fingerprint density at radius 3 is 2.29 bits per heavy atom. The number of methoxy groups -OCH3 is 1. The van der Waals surface area contributed by atoms with E-state index in [4.69, 9.17) is 9.47 Å². The number of alkyl carbamates (subject to hydrolysis) is 1. The molecule has 0 aliphatic carbocycles. The molecule has 0 saturated heterocycles. The number of nitrogens with one attached hydrogen (secondary N) is 3. The van der Waals surface area contributed by atoms with E-state index in [0.29, 0.717) is 5.56 Å². The van der Waals surface area contributed by atoms with E-state index in [2.05, 4.69) is 15.6 Å². The van der Waals surface area contributed by atoms with Gasteiger partial charge < -0.3 is 30.2 Å². The highest BCUT2D eigenvalue weighted by Crippen LogP contribution is 2.20. The number of amides is 2. The summed E-state index contributed by atoms with van der Waals surface area (Å²) in [7, 11) is 1.24. The molecule has 4 N–H and O–H groups in total. The molecule has 0 fully saturated rings. The van der Waals surface area contributed by atoms with Gasteiger partial charge in [-0.25, -0.2) is 9.59 Å². The predicted molar refractivity (Wildman–Crippen MR) is 141 cm³/mol. The zero-order valence-electron chi connectivity index (χ0n) is 20.8. The zero-order valence-corrected chi connectivity index (χ0v) is 20.8. The number of phenolic OH excluding ortho intramolecular Hbond substituents is 1. The number of para-hydroxylation sites is 1. The molecular formula is C29H29N3O6. The lowest BCUT2D eigenvalue weighted by atomic mass is 10.0. The molecule has 38 heavy (non-hydrogen) atoms. The smallest absolute Gasteiger partial charge is 0.408 e. The van der Waals surface area contributed by atoms with Gasteiger partial charge in [-0.05, 0) is 34.9 Å². The Morgan fingerprint density at radius 1 is 0.842 bits per heavy atom. The van der Waals surface area contributed by atoms with Crippen molar-refractivity contribution in [2.45, 2.75) is 31.5 Å². The van der Waals surface area contributed by atoms with Crippen LogP contribution >= 0.6 is 0 Å². The molecule has 9 nitrogen and oxygen atoms in total. The van der Waals surface area contributed by atoms with E-state index in [1.165, 1.54) is 19.2 Å². The summed E-state index contributed by atoms with van der Waals surface area (Å²) in [6.07, 6.45) is 1.32. The van der Waals surface area contributed by atoms with Crippen molar-refractivity contribution in [1.29, 1.82) is 0 Å². The molecule has 0 aliphatic rings. The lowest BCUT2D eigenvalue weighted by Gasteiger charge is -2.22. The number of aromatic amines is 1. The third kappa shape index (κ3) is 6.91. The van der Waals surface area contributed by atoms with Crippen LogP contribution in [0.2, 0.25) is 0 Å². The van der Waals surface area contributed by atoms with Crippen molar-refractivity contribution in [3.8, 4) is 5.75 Å². The first-order valence-corrected chi connectivity index (χ1v) is 12.1. The minimum Gasteiger partial charge on any atom is -0.508 e. The quantitative estimate of drug-likeness (QED) is 0.239. The van der Waals surface area contributed by atoms with Crippen LogP contribution in [0.1, 0.15) is 16.7 Å². The maximum Gasteiger partial charge on any atom is 0.408 e. The predicted octanol–water partition coefficient (Wildman–Crippen LogP) is 3.61. The number of rotatable bonds is 10. The van der Waals surface area contributed by atoms with Gasteiger partial charge in [-0.2, -0.15) is 0 Å². The lowest BCUT2D eigenvalue weighted by Crippen LogP contribution is -2.53. The standard InChI is InChI=1S/C29H29N3O6/c1-37-28(35)26(15-19-11-13-22(33)14-12-19)31-27(34)25(16-21-17-30-24-10-6-5-9-23(21)24)32-29(36)38-18-20-7-3-2-4-8-20/h2-14,17,25-26,30,33H,15-16,18H2,1H3,(H,31,34)(H,32,36)/t25-,26-/m1/s1. The average molecular weight is 516 g/mol. The number of carbonyl (C=O) groups excluding carboxylic acids is 3. The Hall–Kier alpha value is -4.79. The third-order valence-corrected chi connectivity index (χ3v) is 6.10. The Morgan fingerprint density at radius 2 is 1.55 bits per heavy atom. The summed E-state index contributed by atoms with van der Waals surface area (Å²) in [4.78, 5) is 41.8. The molecule has 9 heteroatoms. The molecule has 4 rings (SSSR count). The second kappa shape index (κ2) is 12.4. The number of H-pyrrole nitrogens is 1. The van der Waals surface area contributed by atoms with Crippen molar-refractivity contribution in [1.82, 2.24) is 15.6 Å². The summed E-state index contributed by atoms with van der Waals surface area (Å²) in [5, 5.41) is 15.8. The number of carbonyl (C=O) groups is 3. The van der Waals surface area contributed by atoms with Crippen molar-refractivity contribution in [2.75, 3.05) is 7.11 Å². The minimum absolute atomic E-state index is 0.0414. The van der Waals surface area contributed by atoms with Crippen LogP contribution in [-0.2, 0) is 38.5 Å². The van der Waals surface area contributed by atoms with Gasteiger partial charge >= 0.3 is 12.1 Å². The summed E-state index contributed by atoms with van der Waals surface area (Å²) < 4.78 is 10.2. The van der Waals surface area contributed by atoms with Gasteiger partial charge in [0.05, 0.1) is 7.11 Å². The van der Waals surface area contributed by atoms with Crippen LogP contribution in [0.4, 0.5) is 4.79 Å². The molecule has 196 valence electrons. The minimum atomic E-state index is -1.04. The van der Waals surface area contributed by atoms with Crippen LogP contribution in [0.25, 0.3) is 10.9 Å². The van der Waals surface area contributed by atoms with Crippen molar-refractivity contribution in [3.63, 3.8) is 0 Å². The molecule has 1 heterocycles. The highest BCUT2D eigenvalue weighted by Gasteiger charge is 2.29. The SMILES string of the molecule is COC(=O)[C@@H](Cc1ccc(O)cc1)NC(=O)[C@@H](Cc1c[nH]c2ccccc12)NC(=O)OCc1ccccc1. The van der Waals surface area contributed by atoms with E-state index in [1.807, 2.05) is 54.6 Å². The number of phenols is 1. The van der Waals surface area contributed by atoms with Gasteiger partial charge in [-0.3, -0.25) is 4.79 Å². The van der Waals surface area contributed by atoms with Crippen molar-refractivity contribution >= 4 is 28.9 Å². The Labute approximate surface area is 219 Å². The number of ether oxygens (including phenoxy) is 2. The first-order chi connectivity index (χ1) is 18.4. The molecule has 0 spiro atoms. The van der Waals surface area contributed by atoms with Crippen LogP contribution in [-0.4, -0.2) is 47.3 Å². The third-order valence-electron chi connectivity index (χ3n) is 6.10. The summed E-state index contributed by atoms with van der Waals surface area (Å²) in [5.41, 5.74) is 3.23. The van der Waals surface area contributed by atoms with E-state index in [9.17, 15) is 19.5 Å². The number of hydrogen-bond donors (Lipinski definition) is 4. The average Bonchev–Trinajstić information content (AvgIpc) is 3.35. The van der Waals surface area contributed by atoms with Crippen LogP contribution in [0.5, 0.6) is 5.75 Å². The topological polar surface area (TPSA) is 130 Å². The maximum atomic E-state index is 13.5. The molecule has 0 radical (unpaired) electrons. The van der Waals surface area contributed by atoms with Crippen molar-refractivity contribution in [3.05, 3.63) is 102 Å². The maximum absolute atomic E-state index is 13.5. The molecule has 0 bridgehead atoms. The fourth-order valence-electron chi connectivity index (χ4n) is 4.11. The van der Waals surface area contributed by atoms with Gasteiger partial charge in [0.1, 0.15) is 24.4 Å². The second-order valence-electron chi connectivity index (χ2n) is 8.78. The largest absolute Gasteiger partial charge is 0.508 e. The zero-order chi connectivity index (χ0) is 26.9. The first-order valence-electron chi connectivity index (χ1n) is 12.1. The molecule has 3 aromatic carbocycles. The van der Waals surface area contributed by atoms with Crippen LogP contribution < -0.4 is 10.6 Å². The highest BCUT2D eigenvalue weighted by molar-refractivity contribution is 5.91. The molecule has 2 amide bonds. The summed E-state index contributed by atoms with van der Waals surface area (Å²) in [6, 6.07) is 21.1. The Bertz CT molecular complexity index is 1380. The van der Waals surface area contributed by atoms with Gasteiger partial charge in [-0.15, -0.1) is 0 Å². The number of aromatic nitrogens is 1. The summed E-state index contributed by atoms with van der Waals surface area (Å²) in [5.74, 6) is -1.12. The molecule has 1 aromatic heterocycles. The molecule has 0 saturated carbocycles. The van der Waals surface area contributed by atoms with Crippen LogP contribution in [0.15, 0.2) is 85.1 Å². The highest BCUT2D eigenvalue weighted by atomic mass is 16.5.